The molecule has 2 aliphatic rings. The van der Waals surface area contributed by atoms with Crippen LogP contribution in [0.1, 0.15) is 13.3 Å². The van der Waals surface area contributed by atoms with E-state index in [1.165, 1.54) is 13.3 Å². The highest BCUT2D eigenvalue weighted by Crippen LogP contribution is 2.25. The lowest BCUT2D eigenvalue weighted by molar-refractivity contribution is -0.139. The van der Waals surface area contributed by atoms with Crippen molar-refractivity contribution in [1.82, 2.24) is 10.6 Å². The number of rotatable bonds is 8. The Morgan fingerprint density at radius 2 is 1.65 bits per heavy atom. The molecule has 164 valence electrons. The largest absolute Gasteiger partial charge is 0.465 e. The van der Waals surface area contributed by atoms with Crippen LogP contribution in [-0.2, 0) is 19.1 Å². The number of carbonyl (C=O) groups is 2. The normalized spacial score (nSPS) is 20.1. The van der Waals surface area contributed by atoms with Gasteiger partial charge in [0.05, 0.1) is 30.7 Å². The highest BCUT2D eigenvalue weighted by Gasteiger charge is 2.27. The van der Waals surface area contributed by atoms with Crippen molar-refractivity contribution in [3.63, 3.8) is 0 Å². The van der Waals surface area contributed by atoms with Gasteiger partial charge in [0.1, 0.15) is 11.1 Å². The van der Waals surface area contributed by atoms with Crippen LogP contribution in [-0.4, -0.2) is 48.8 Å². The van der Waals surface area contributed by atoms with Crippen LogP contribution >= 0.6 is 15.9 Å². The monoisotopic (exact) mass is 490 g/mol. The number of nitrogens with one attached hydrogen (secondary N) is 4. The summed E-state index contributed by atoms with van der Waals surface area (Å²) in [4.78, 5) is 24.0. The summed E-state index contributed by atoms with van der Waals surface area (Å²) in [5.41, 5.74) is 0.0660. The molecule has 1 atom stereocenters. The number of esters is 2. The molecular formula is C21H23BrN4O5. The summed E-state index contributed by atoms with van der Waals surface area (Å²) in [5.74, 6) is -1.34. The Morgan fingerprint density at radius 1 is 1.06 bits per heavy atom. The second kappa shape index (κ2) is 10.7. The van der Waals surface area contributed by atoms with Crippen molar-refractivity contribution in [2.45, 2.75) is 18.9 Å². The molecule has 9 nitrogen and oxygen atoms in total. The van der Waals surface area contributed by atoms with Gasteiger partial charge in [0, 0.05) is 35.7 Å². The van der Waals surface area contributed by atoms with Crippen molar-refractivity contribution in [1.29, 1.82) is 10.8 Å². The molecule has 0 aromatic rings. The van der Waals surface area contributed by atoms with Crippen molar-refractivity contribution >= 4 is 40.3 Å². The van der Waals surface area contributed by atoms with E-state index in [4.69, 9.17) is 15.6 Å². The maximum absolute atomic E-state index is 12.3. The Hall–Kier alpha value is -3.24. The zero-order valence-electron chi connectivity index (χ0n) is 17.0. The predicted molar refractivity (Wildman–Crippen MR) is 119 cm³/mol. The molecule has 31 heavy (non-hydrogen) atoms. The fraction of sp³-hybridized carbons (Fsp3) is 0.238. The first kappa shape index (κ1) is 24.0. The molecule has 2 aliphatic heterocycles. The van der Waals surface area contributed by atoms with Gasteiger partial charge in [-0.15, -0.1) is 0 Å². The van der Waals surface area contributed by atoms with Gasteiger partial charge in [0.15, 0.2) is 0 Å². The summed E-state index contributed by atoms with van der Waals surface area (Å²) in [6.45, 7) is 1.48. The fourth-order valence-corrected chi connectivity index (χ4v) is 2.92. The van der Waals surface area contributed by atoms with Gasteiger partial charge in [-0.05, 0) is 46.7 Å². The minimum Gasteiger partial charge on any atom is -0.465 e. The highest BCUT2D eigenvalue weighted by atomic mass is 79.9. The number of methoxy groups -OCH3 is 1. The average molecular weight is 491 g/mol. The van der Waals surface area contributed by atoms with E-state index >= 15 is 0 Å². The van der Waals surface area contributed by atoms with Gasteiger partial charge < -0.3 is 36.0 Å². The highest BCUT2D eigenvalue weighted by molar-refractivity contribution is 9.11. The van der Waals surface area contributed by atoms with Crippen molar-refractivity contribution in [3.05, 3.63) is 69.3 Å². The summed E-state index contributed by atoms with van der Waals surface area (Å²) in [6.07, 6.45) is 11.6. The number of carbonyl (C=O) groups excluding carboxylic acids is 2. The van der Waals surface area contributed by atoms with Crippen molar-refractivity contribution < 1.29 is 24.2 Å². The SMILES string of the molecule is COC(=O)/C(C=N)=C1\C=CC(C(C)(O)CCOC(=O)/C(C=N)=C2\C=CC(Br)=CN2)=CN1. The van der Waals surface area contributed by atoms with Crippen molar-refractivity contribution in [3.8, 4) is 0 Å². The Kier molecular flexibility index (Phi) is 8.29. The zero-order valence-corrected chi connectivity index (χ0v) is 18.6. The number of hydrogen-bond acceptors (Lipinski definition) is 9. The van der Waals surface area contributed by atoms with E-state index in [0.717, 1.165) is 16.9 Å². The Bertz CT molecular complexity index is 970. The Morgan fingerprint density at radius 3 is 2.13 bits per heavy atom. The third-order valence-corrected chi connectivity index (χ3v) is 5.02. The van der Waals surface area contributed by atoms with E-state index in [0.29, 0.717) is 17.0 Å². The summed E-state index contributed by atoms with van der Waals surface area (Å²) in [5, 5.41) is 31.4. The van der Waals surface area contributed by atoms with Crippen LogP contribution in [0.3, 0.4) is 0 Å². The van der Waals surface area contributed by atoms with E-state index in [1.807, 2.05) is 0 Å². The number of halogens is 1. The smallest absolute Gasteiger partial charge is 0.341 e. The van der Waals surface area contributed by atoms with Crippen LogP contribution in [0.2, 0.25) is 0 Å². The molecule has 2 rings (SSSR count). The molecule has 1 unspecified atom stereocenters. The second-order valence-electron chi connectivity index (χ2n) is 6.68. The third kappa shape index (κ3) is 6.12. The summed E-state index contributed by atoms with van der Waals surface area (Å²) in [7, 11) is 1.22. The number of aliphatic hydroxyl groups is 1. The quantitative estimate of drug-likeness (QED) is 0.199. The number of hydrogen-bond donors (Lipinski definition) is 5. The summed E-state index contributed by atoms with van der Waals surface area (Å²) < 4.78 is 10.7. The first-order valence-corrected chi connectivity index (χ1v) is 9.95. The summed E-state index contributed by atoms with van der Waals surface area (Å²) >= 11 is 3.29. The van der Waals surface area contributed by atoms with Gasteiger partial charge in [-0.1, -0.05) is 6.08 Å². The first-order valence-electron chi connectivity index (χ1n) is 9.16. The van der Waals surface area contributed by atoms with E-state index in [2.05, 4.69) is 31.3 Å². The summed E-state index contributed by atoms with van der Waals surface area (Å²) in [6, 6.07) is 0. The van der Waals surface area contributed by atoms with Gasteiger partial charge in [0.2, 0.25) is 0 Å². The lowest BCUT2D eigenvalue weighted by Gasteiger charge is -2.27. The molecule has 2 heterocycles. The van der Waals surface area contributed by atoms with Crippen LogP contribution in [0.4, 0.5) is 0 Å². The van der Waals surface area contributed by atoms with Crippen LogP contribution in [0.25, 0.3) is 0 Å². The molecule has 0 aromatic carbocycles. The molecular weight excluding hydrogens is 468 g/mol. The molecule has 0 saturated carbocycles. The Labute approximate surface area is 188 Å². The molecule has 0 saturated heterocycles. The van der Waals surface area contributed by atoms with E-state index < -0.39 is 17.5 Å². The van der Waals surface area contributed by atoms with Crippen LogP contribution in [0.5, 0.6) is 0 Å². The average Bonchev–Trinajstić information content (AvgIpc) is 2.76. The van der Waals surface area contributed by atoms with E-state index in [9.17, 15) is 14.7 Å². The van der Waals surface area contributed by atoms with Gasteiger partial charge in [-0.3, -0.25) is 0 Å². The maximum atomic E-state index is 12.3. The van der Waals surface area contributed by atoms with Gasteiger partial charge >= 0.3 is 11.9 Å². The third-order valence-electron chi connectivity index (χ3n) is 4.53. The van der Waals surface area contributed by atoms with Crippen LogP contribution < -0.4 is 10.6 Å². The molecule has 0 fully saturated rings. The molecule has 0 radical (unpaired) electrons. The predicted octanol–water partition coefficient (Wildman–Crippen LogP) is 2.09. The Balaban J connectivity index is 2.00. The zero-order chi connectivity index (χ0) is 23.0. The number of dihydropyridines is 2. The fourth-order valence-electron chi connectivity index (χ4n) is 2.67. The minimum absolute atomic E-state index is 0.0436. The maximum Gasteiger partial charge on any atom is 0.341 e. The van der Waals surface area contributed by atoms with Crippen LogP contribution in [0.15, 0.2) is 69.3 Å². The second-order valence-corrected chi connectivity index (χ2v) is 7.59. The number of allylic oxidation sites excluding steroid dienone is 4. The van der Waals surface area contributed by atoms with Crippen molar-refractivity contribution in [2.24, 2.45) is 0 Å². The standard InChI is InChI=1S/C21H23BrN4O5/c1-21(29,13-3-5-17(25-11-13)15(9-23)19(27)30-2)7-8-31-20(28)16(10-24)18-6-4-14(22)12-26-18/h3-6,9-12,23-26,29H,7-8H2,1-2H3/b17-15+,18-16+,23-9?,24-10?. The molecule has 0 aromatic heterocycles. The lowest BCUT2D eigenvalue weighted by atomic mass is 9.91. The van der Waals surface area contributed by atoms with Gasteiger partial charge in [-0.2, -0.15) is 0 Å². The molecule has 0 bridgehead atoms. The topological polar surface area (TPSA) is 145 Å². The molecule has 0 amide bonds. The molecule has 0 spiro atoms. The van der Waals surface area contributed by atoms with Gasteiger partial charge in [-0.25, -0.2) is 9.59 Å². The van der Waals surface area contributed by atoms with E-state index in [-0.39, 0.29) is 24.2 Å². The minimum atomic E-state index is -1.33. The van der Waals surface area contributed by atoms with Crippen LogP contribution in [0, 0.1) is 10.8 Å². The molecule has 0 aliphatic carbocycles. The van der Waals surface area contributed by atoms with Gasteiger partial charge in [0.25, 0.3) is 0 Å². The lowest BCUT2D eigenvalue weighted by Crippen LogP contribution is -2.31. The number of ether oxygens (including phenoxy) is 2. The molecule has 5 N–H and O–H groups in total. The first-order chi connectivity index (χ1) is 14.7. The van der Waals surface area contributed by atoms with Crippen molar-refractivity contribution in [2.75, 3.05) is 13.7 Å². The van der Waals surface area contributed by atoms with E-state index in [1.54, 1.807) is 37.4 Å². The molecule has 10 heteroatoms.